The highest BCUT2D eigenvalue weighted by Gasteiger charge is 2.42. The van der Waals surface area contributed by atoms with Crippen LogP contribution in [0.25, 0.3) is 11.2 Å². The number of esters is 1. The quantitative estimate of drug-likeness (QED) is 0.275. The maximum Gasteiger partial charge on any atom is 0.382 e. The summed E-state index contributed by atoms with van der Waals surface area (Å²) in [6, 6.07) is -1.71. The number of nitro groups is 1. The maximum absolute atomic E-state index is 11.9. The summed E-state index contributed by atoms with van der Waals surface area (Å²) in [4.78, 5) is 34.7. The Bertz CT molecular complexity index is 866. The van der Waals surface area contributed by atoms with Crippen LogP contribution in [-0.2, 0) is 9.53 Å². The molecule has 2 aromatic rings. The Hall–Kier alpha value is -2.75. The smallest absolute Gasteiger partial charge is 0.382 e. The molecule has 0 amide bonds. The van der Waals surface area contributed by atoms with Gasteiger partial charge in [-0.25, -0.2) is 9.78 Å². The van der Waals surface area contributed by atoms with Gasteiger partial charge in [-0.2, -0.15) is 9.97 Å². The van der Waals surface area contributed by atoms with Crippen LogP contribution in [0.2, 0.25) is 5.15 Å². The number of carbonyl (C=O) groups is 1. The first kappa shape index (κ1) is 17.1. The van der Waals surface area contributed by atoms with Gasteiger partial charge in [0.05, 0.1) is 24.9 Å². The van der Waals surface area contributed by atoms with E-state index in [0.717, 1.165) is 0 Å². The van der Waals surface area contributed by atoms with Crippen LogP contribution in [0.5, 0.6) is 0 Å². The van der Waals surface area contributed by atoms with Gasteiger partial charge >= 0.3 is 12.0 Å². The number of ether oxygens (including phenoxy) is 1. The third-order valence-corrected chi connectivity index (χ3v) is 4.27. The molecule has 0 aromatic carbocycles. The average Bonchev–Trinajstić information content (AvgIpc) is 3.14. The Kier molecular flexibility index (Phi) is 4.53. The minimum Gasteiger partial charge on any atom is -0.461 e. The number of nitrogens with zero attached hydrogens (tertiary/aromatic N) is 5. The van der Waals surface area contributed by atoms with E-state index in [9.17, 15) is 14.9 Å². The molecule has 0 fully saturated rings. The molecule has 0 bridgehead atoms. The van der Waals surface area contributed by atoms with Crippen molar-refractivity contribution < 1.29 is 14.5 Å². The molecule has 2 aromatic heterocycles. The molecule has 3 atom stereocenters. The zero-order valence-electron chi connectivity index (χ0n) is 13.2. The van der Waals surface area contributed by atoms with Crippen molar-refractivity contribution >= 4 is 34.7 Å². The van der Waals surface area contributed by atoms with Crippen LogP contribution in [0.15, 0.2) is 18.5 Å². The second kappa shape index (κ2) is 6.63. The number of imidazole rings is 1. The van der Waals surface area contributed by atoms with E-state index in [1.165, 1.54) is 6.33 Å². The molecule has 0 saturated heterocycles. The first-order valence-electron chi connectivity index (χ1n) is 7.56. The van der Waals surface area contributed by atoms with E-state index in [4.69, 9.17) is 22.1 Å². The number of carbonyl (C=O) groups excluding carboxylic acids is 1. The van der Waals surface area contributed by atoms with Crippen LogP contribution >= 0.6 is 11.6 Å². The first-order valence-corrected chi connectivity index (χ1v) is 7.94. The van der Waals surface area contributed by atoms with Crippen LogP contribution in [0.3, 0.4) is 0 Å². The highest BCUT2D eigenvalue weighted by molar-refractivity contribution is 6.33. The van der Waals surface area contributed by atoms with Crippen LogP contribution in [0.1, 0.15) is 19.4 Å². The number of rotatable bonds is 5. The molecule has 25 heavy (non-hydrogen) atoms. The molecule has 1 aliphatic rings. The highest BCUT2D eigenvalue weighted by atomic mass is 35.5. The summed E-state index contributed by atoms with van der Waals surface area (Å²) in [6.45, 7) is 1.69. The standard InChI is InChI=1S/C14H15ClN6O4/c1-2-25-13(22)10(21(23)24)7-3-4-8(5-7)20-6-17-9-11(15)18-14(16)19-12(9)20/h3-4,6-8,10H,2,5H2,1H3,(H2,16,18,19)/t7-,8-,10-/m0/s1. The largest absolute Gasteiger partial charge is 0.461 e. The zero-order chi connectivity index (χ0) is 18.1. The van der Waals surface area contributed by atoms with Crippen molar-refractivity contribution in [3.05, 3.63) is 33.7 Å². The molecule has 0 unspecified atom stereocenters. The van der Waals surface area contributed by atoms with Gasteiger partial charge in [0.25, 0.3) is 0 Å². The summed E-state index contributed by atoms with van der Waals surface area (Å²) < 4.78 is 6.52. The molecule has 1 aliphatic carbocycles. The number of fused-ring (bicyclic) bond motifs is 1. The van der Waals surface area contributed by atoms with Crippen LogP contribution < -0.4 is 5.73 Å². The van der Waals surface area contributed by atoms with Crippen LogP contribution in [0, 0.1) is 16.0 Å². The van der Waals surface area contributed by atoms with E-state index in [2.05, 4.69) is 15.0 Å². The Balaban J connectivity index is 1.87. The molecular weight excluding hydrogens is 352 g/mol. The monoisotopic (exact) mass is 366 g/mol. The number of hydrogen-bond acceptors (Lipinski definition) is 8. The van der Waals surface area contributed by atoms with Crippen LogP contribution in [0.4, 0.5) is 5.95 Å². The molecule has 2 heterocycles. The van der Waals surface area contributed by atoms with E-state index in [-0.39, 0.29) is 23.8 Å². The Morgan fingerprint density at radius 3 is 3.00 bits per heavy atom. The van der Waals surface area contributed by atoms with Crippen molar-refractivity contribution in [3.8, 4) is 0 Å². The fourth-order valence-corrected chi connectivity index (χ4v) is 3.15. The topological polar surface area (TPSA) is 139 Å². The first-order chi connectivity index (χ1) is 11.9. The van der Waals surface area contributed by atoms with E-state index in [1.807, 2.05) is 0 Å². The lowest BCUT2D eigenvalue weighted by Gasteiger charge is -2.16. The molecule has 0 saturated carbocycles. The van der Waals surface area contributed by atoms with Crippen molar-refractivity contribution in [2.45, 2.75) is 25.4 Å². The predicted molar refractivity (Wildman–Crippen MR) is 88.4 cm³/mol. The molecule has 2 N–H and O–H groups in total. The minimum absolute atomic E-state index is 0.00691. The predicted octanol–water partition coefficient (Wildman–Crippen LogP) is 1.39. The number of allylic oxidation sites excluding steroid dienone is 1. The molecule has 0 radical (unpaired) electrons. The van der Waals surface area contributed by atoms with Crippen LogP contribution in [-0.4, -0.2) is 43.1 Å². The lowest BCUT2D eigenvalue weighted by molar-refractivity contribution is -0.517. The summed E-state index contributed by atoms with van der Waals surface area (Å²) >= 11 is 6.00. The van der Waals surface area contributed by atoms with Crippen molar-refractivity contribution in [2.24, 2.45) is 5.92 Å². The van der Waals surface area contributed by atoms with Gasteiger partial charge in [0.2, 0.25) is 5.95 Å². The van der Waals surface area contributed by atoms with Gasteiger partial charge in [-0.1, -0.05) is 23.8 Å². The zero-order valence-corrected chi connectivity index (χ0v) is 14.0. The summed E-state index contributed by atoms with van der Waals surface area (Å²) in [7, 11) is 0. The van der Waals surface area contributed by atoms with Gasteiger partial charge in [-0.3, -0.25) is 10.1 Å². The fourth-order valence-electron chi connectivity index (χ4n) is 2.93. The Labute approximate surface area is 146 Å². The molecular formula is C14H15ClN6O4. The Morgan fingerprint density at radius 2 is 2.32 bits per heavy atom. The van der Waals surface area contributed by atoms with Gasteiger partial charge < -0.3 is 15.0 Å². The lowest BCUT2D eigenvalue weighted by atomic mass is 9.99. The van der Waals surface area contributed by atoms with Crippen molar-refractivity contribution in [2.75, 3.05) is 12.3 Å². The van der Waals surface area contributed by atoms with Crippen molar-refractivity contribution in [3.63, 3.8) is 0 Å². The molecule has 0 spiro atoms. The van der Waals surface area contributed by atoms with E-state index < -0.39 is 22.9 Å². The van der Waals surface area contributed by atoms with E-state index in [0.29, 0.717) is 17.6 Å². The maximum atomic E-state index is 11.9. The Morgan fingerprint density at radius 1 is 1.56 bits per heavy atom. The van der Waals surface area contributed by atoms with E-state index >= 15 is 0 Å². The summed E-state index contributed by atoms with van der Waals surface area (Å²) in [5.74, 6) is -1.42. The second-order valence-corrected chi connectivity index (χ2v) is 5.89. The highest BCUT2D eigenvalue weighted by Crippen LogP contribution is 2.34. The third kappa shape index (κ3) is 3.12. The normalized spacial score (nSPS) is 20.7. The lowest BCUT2D eigenvalue weighted by Crippen LogP contribution is -2.37. The van der Waals surface area contributed by atoms with Gasteiger partial charge in [-0.15, -0.1) is 0 Å². The van der Waals surface area contributed by atoms with Gasteiger partial charge in [0.1, 0.15) is 5.52 Å². The number of hydrogen-bond donors (Lipinski definition) is 1. The number of nitrogens with two attached hydrogens (primary N) is 1. The van der Waals surface area contributed by atoms with Gasteiger partial charge in [0, 0.05) is 4.92 Å². The van der Waals surface area contributed by atoms with Crippen molar-refractivity contribution in [1.29, 1.82) is 0 Å². The third-order valence-electron chi connectivity index (χ3n) is 4.01. The molecule has 11 heteroatoms. The minimum atomic E-state index is -1.45. The number of aromatic nitrogens is 4. The molecule has 132 valence electrons. The number of anilines is 1. The molecule has 10 nitrogen and oxygen atoms in total. The second-order valence-electron chi connectivity index (χ2n) is 5.53. The summed E-state index contributed by atoms with van der Waals surface area (Å²) in [5, 5.41) is 11.4. The number of nitrogen functional groups attached to an aromatic ring is 1. The summed E-state index contributed by atoms with van der Waals surface area (Å²) in [6.07, 6.45) is 5.27. The average molecular weight is 367 g/mol. The van der Waals surface area contributed by atoms with Gasteiger partial charge in [0.15, 0.2) is 10.8 Å². The SMILES string of the molecule is CCOC(=O)[C@H]([C@H]1C=C[C@H](n2cnc3c(Cl)nc(N)nc32)C1)[N+](=O)[O-]. The molecule has 0 aliphatic heterocycles. The van der Waals surface area contributed by atoms with E-state index in [1.54, 1.807) is 23.6 Å². The fraction of sp³-hybridized carbons (Fsp3) is 0.429. The number of halogens is 1. The van der Waals surface area contributed by atoms with Gasteiger partial charge in [-0.05, 0) is 13.3 Å². The molecule has 3 rings (SSSR count). The van der Waals surface area contributed by atoms with Crippen molar-refractivity contribution in [1.82, 2.24) is 19.5 Å². The summed E-state index contributed by atoms with van der Waals surface area (Å²) in [5.41, 5.74) is 6.45.